The van der Waals surface area contributed by atoms with E-state index in [1.807, 2.05) is 24.3 Å². The molecular formula is C22H21FN2O3. The van der Waals surface area contributed by atoms with Crippen molar-refractivity contribution >= 4 is 17.5 Å². The summed E-state index contributed by atoms with van der Waals surface area (Å²) < 4.78 is 13.6. The topological polar surface area (TPSA) is 60.9 Å². The molecule has 5 rings (SSSR count). The van der Waals surface area contributed by atoms with Crippen LogP contribution in [0.1, 0.15) is 34.7 Å². The molecule has 3 atom stereocenters. The molecule has 2 aromatic carbocycles. The quantitative estimate of drug-likeness (QED) is 0.890. The molecule has 3 aliphatic rings. The minimum Gasteiger partial charge on any atom is -0.394 e. The number of halogens is 1. The Morgan fingerprint density at radius 3 is 2.61 bits per heavy atom. The smallest absolute Gasteiger partial charge is 0.254 e. The molecule has 5 nitrogen and oxygen atoms in total. The summed E-state index contributed by atoms with van der Waals surface area (Å²) in [7, 11) is 0. The number of carbonyl (C=O) groups excluding carboxylic acids is 2. The average Bonchev–Trinajstić information content (AvgIpc) is 3.53. The molecule has 0 aromatic heterocycles. The van der Waals surface area contributed by atoms with Crippen LogP contribution in [0.4, 0.5) is 10.1 Å². The van der Waals surface area contributed by atoms with Crippen LogP contribution in [0.25, 0.3) is 0 Å². The van der Waals surface area contributed by atoms with E-state index >= 15 is 0 Å². The van der Waals surface area contributed by atoms with Gasteiger partial charge < -0.3 is 14.9 Å². The van der Waals surface area contributed by atoms with E-state index in [1.54, 1.807) is 15.9 Å². The maximum atomic E-state index is 13.6. The number of fused-ring (bicyclic) bond motifs is 3. The lowest BCUT2D eigenvalue weighted by molar-refractivity contribution is -0.120. The second-order valence-corrected chi connectivity index (χ2v) is 7.85. The summed E-state index contributed by atoms with van der Waals surface area (Å²) in [5.74, 6) is -0.620. The Kier molecular flexibility index (Phi) is 3.98. The normalized spacial score (nSPS) is 25.6. The van der Waals surface area contributed by atoms with Crippen LogP contribution < -0.4 is 4.90 Å². The fraction of sp³-hybridized carbons (Fsp3) is 0.364. The predicted octanol–water partition coefficient (Wildman–Crippen LogP) is 2.55. The van der Waals surface area contributed by atoms with Gasteiger partial charge in [-0.15, -0.1) is 0 Å². The number of aliphatic hydroxyl groups excluding tert-OH is 1. The molecule has 1 aliphatic carbocycles. The van der Waals surface area contributed by atoms with Gasteiger partial charge in [0.25, 0.3) is 5.91 Å². The van der Waals surface area contributed by atoms with Crippen molar-refractivity contribution in [3.63, 3.8) is 0 Å². The SMILES string of the molecule is O=C(C1CC1)N1C[C@H]2[C@@H](c3ccccc31)[C@H](CO)N2C(=O)c1cccc(F)c1. The monoisotopic (exact) mass is 380 g/mol. The lowest BCUT2D eigenvalue weighted by Crippen LogP contribution is -2.70. The zero-order chi connectivity index (χ0) is 19.4. The van der Waals surface area contributed by atoms with E-state index in [9.17, 15) is 19.1 Å². The van der Waals surface area contributed by atoms with Gasteiger partial charge in [0.2, 0.25) is 5.91 Å². The first kappa shape index (κ1) is 17.4. The summed E-state index contributed by atoms with van der Waals surface area (Å²) in [5, 5.41) is 10.00. The van der Waals surface area contributed by atoms with E-state index in [0.717, 1.165) is 24.1 Å². The molecule has 2 aromatic rings. The zero-order valence-electron chi connectivity index (χ0n) is 15.3. The van der Waals surface area contributed by atoms with Gasteiger partial charge in [-0.3, -0.25) is 9.59 Å². The fourth-order valence-corrected chi connectivity index (χ4v) is 4.70. The summed E-state index contributed by atoms with van der Waals surface area (Å²) in [4.78, 5) is 29.4. The molecule has 1 saturated carbocycles. The van der Waals surface area contributed by atoms with Gasteiger partial charge in [-0.2, -0.15) is 0 Å². The van der Waals surface area contributed by atoms with Gasteiger partial charge >= 0.3 is 0 Å². The van der Waals surface area contributed by atoms with Gasteiger partial charge in [-0.1, -0.05) is 24.3 Å². The van der Waals surface area contributed by atoms with Gasteiger partial charge in [0.15, 0.2) is 0 Å². The Bertz CT molecular complexity index is 958. The molecule has 6 heteroatoms. The Labute approximate surface area is 162 Å². The van der Waals surface area contributed by atoms with E-state index in [2.05, 4.69) is 0 Å². The summed E-state index contributed by atoms with van der Waals surface area (Å²) in [5.41, 5.74) is 2.14. The molecule has 0 spiro atoms. The van der Waals surface area contributed by atoms with Crippen LogP contribution in [0.2, 0.25) is 0 Å². The first-order valence-corrected chi connectivity index (χ1v) is 9.69. The summed E-state index contributed by atoms with van der Waals surface area (Å²) >= 11 is 0. The highest BCUT2D eigenvalue weighted by molar-refractivity contribution is 5.99. The van der Waals surface area contributed by atoms with E-state index in [1.165, 1.54) is 18.2 Å². The number of hydrogen-bond donors (Lipinski definition) is 1. The van der Waals surface area contributed by atoms with Gasteiger partial charge in [0.1, 0.15) is 5.82 Å². The van der Waals surface area contributed by atoms with Gasteiger partial charge in [0.05, 0.1) is 18.7 Å². The third-order valence-corrected chi connectivity index (χ3v) is 6.19. The maximum absolute atomic E-state index is 13.6. The third-order valence-electron chi connectivity index (χ3n) is 6.19. The molecule has 2 fully saturated rings. The van der Waals surface area contributed by atoms with Crippen molar-refractivity contribution in [3.8, 4) is 0 Å². The predicted molar refractivity (Wildman–Crippen MR) is 101 cm³/mol. The molecule has 144 valence electrons. The number of anilines is 1. The molecule has 1 saturated heterocycles. The first-order valence-electron chi connectivity index (χ1n) is 9.69. The molecule has 2 amide bonds. The number of hydrogen-bond acceptors (Lipinski definition) is 3. The number of nitrogens with zero attached hydrogens (tertiary/aromatic N) is 2. The van der Waals surface area contributed by atoms with Crippen LogP contribution in [0, 0.1) is 11.7 Å². The van der Waals surface area contributed by atoms with Gasteiger partial charge in [-0.25, -0.2) is 4.39 Å². The van der Waals surface area contributed by atoms with Crippen molar-refractivity contribution in [1.29, 1.82) is 0 Å². The van der Waals surface area contributed by atoms with E-state index in [0.29, 0.717) is 6.54 Å². The van der Waals surface area contributed by atoms with Crippen LogP contribution in [0.5, 0.6) is 0 Å². The van der Waals surface area contributed by atoms with Crippen molar-refractivity contribution in [3.05, 3.63) is 65.5 Å². The van der Waals surface area contributed by atoms with Crippen molar-refractivity contribution in [2.75, 3.05) is 18.1 Å². The van der Waals surface area contributed by atoms with E-state index < -0.39 is 5.82 Å². The van der Waals surface area contributed by atoms with Crippen LogP contribution >= 0.6 is 0 Å². The third kappa shape index (κ3) is 2.55. The Hall–Kier alpha value is -2.73. The minimum absolute atomic E-state index is 0.0260. The Balaban J connectivity index is 1.52. The number of benzene rings is 2. The highest BCUT2D eigenvalue weighted by Crippen LogP contribution is 2.49. The molecular weight excluding hydrogens is 359 g/mol. The van der Waals surface area contributed by atoms with Crippen molar-refractivity contribution in [2.45, 2.75) is 30.8 Å². The molecule has 2 aliphatic heterocycles. The first-order chi connectivity index (χ1) is 13.6. The van der Waals surface area contributed by atoms with Crippen molar-refractivity contribution in [1.82, 2.24) is 4.90 Å². The summed E-state index contributed by atoms with van der Waals surface area (Å²) in [6.45, 7) is 0.238. The maximum Gasteiger partial charge on any atom is 0.254 e. The molecule has 28 heavy (non-hydrogen) atoms. The van der Waals surface area contributed by atoms with Gasteiger partial charge in [0, 0.05) is 29.6 Å². The molecule has 0 radical (unpaired) electrons. The number of carbonyl (C=O) groups is 2. The van der Waals surface area contributed by atoms with Crippen LogP contribution in [0.15, 0.2) is 48.5 Å². The Morgan fingerprint density at radius 2 is 1.89 bits per heavy atom. The van der Waals surface area contributed by atoms with Crippen LogP contribution in [0.3, 0.4) is 0 Å². The number of para-hydroxylation sites is 1. The number of rotatable bonds is 3. The molecule has 0 unspecified atom stereocenters. The number of amides is 2. The summed E-state index contributed by atoms with van der Waals surface area (Å²) in [6.07, 6.45) is 1.83. The Morgan fingerprint density at radius 1 is 1.11 bits per heavy atom. The molecule has 0 bridgehead atoms. The van der Waals surface area contributed by atoms with Crippen molar-refractivity contribution < 1.29 is 19.1 Å². The zero-order valence-corrected chi connectivity index (χ0v) is 15.3. The number of aliphatic hydroxyl groups is 1. The second kappa shape index (κ2) is 6.41. The molecule has 2 heterocycles. The summed E-state index contributed by atoms with van der Waals surface area (Å²) in [6, 6.07) is 12.8. The lowest BCUT2D eigenvalue weighted by Gasteiger charge is -2.59. The van der Waals surface area contributed by atoms with Crippen LogP contribution in [-0.2, 0) is 4.79 Å². The minimum atomic E-state index is -0.469. The molecule has 1 N–H and O–H groups in total. The van der Waals surface area contributed by atoms with Crippen LogP contribution in [-0.4, -0.2) is 47.1 Å². The largest absolute Gasteiger partial charge is 0.394 e. The van der Waals surface area contributed by atoms with E-state index in [4.69, 9.17) is 0 Å². The second-order valence-electron chi connectivity index (χ2n) is 7.85. The highest BCUT2D eigenvalue weighted by Gasteiger charge is 2.56. The van der Waals surface area contributed by atoms with Gasteiger partial charge in [-0.05, 0) is 42.7 Å². The fourth-order valence-electron chi connectivity index (χ4n) is 4.70. The lowest BCUT2D eigenvalue weighted by atomic mass is 9.71. The van der Waals surface area contributed by atoms with E-state index in [-0.39, 0.29) is 47.9 Å². The average molecular weight is 380 g/mol. The number of likely N-dealkylation sites (tertiary alicyclic amines) is 1. The highest BCUT2D eigenvalue weighted by atomic mass is 19.1. The standard InChI is InChI=1S/C22H21FN2O3/c23-15-5-3-4-14(10-15)22(28)25-18-11-24(21(27)13-8-9-13)17-7-2-1-6-16(17)20(18)19(25)12-26/h1-7,10,13,18-20,26H,8-9,11-12H2/t18-,19-,20+/m0/s1. The van der Waals surface area contributed by atoms with Crippen molar-refractivity contribution in [2.24, 2.45) is 5.92 Å².